The molecule has 110 valence electrons. The van der Waals surface area contributed by atoms with Gasteiger partial charge in [-0.25, -0.2) is 5.43 Å². The molecule has 0 bridgehead atoms. The van der Waals surface area contributed by atoms with E-state index in [1.807, 2.05) is 42.1 Å². The minimum Gasteiger partial charge on any atom is -0.507 e. The van der Waals surface area contributed by atoms with Crippen LogP contribution in [0.4, 0.5) is 0 Å². The summed E-state index contributed by atoms with van der Waals surface area (Å²) in [6.45, 7) is 0. The first kappa shape index (κ1) is 13.9. The molecule has 3 rings (SSSR count). The molecule has 0 aliphatic rings. The third-order valence-electron chi connectivity index (χ3n) is 3.45. The van der Waals surface area contributed by atoms with Crippen molar-refractivity contribution in [3.05, 3.63) is 65.9 Å². The highest BCUT2D eigenvalue weighted by atomic mass is 16.3. The number of carbonyl (C=O) groups is 1. The van der Waals surface area contributed by atoms with E-state index in [1.165, 1.54) is 12.1 Å². The fraction of sp³-hybridized carbons (Fsp3) is 0.0588. The zero-order valence-electron chi connectivity index (χ0n) is 12.0. The van der Waals surface area contributed by atoms with Gasteiger partial charge in [-0.1, -0.05) is 30.3 Å². The zero-order chi connectivity index (χ0) is 15.5. The summed E-state index contributed by atoms with van der Waals surface area (Å²) in [5.41, 5.74) is 4.62. The van der Waals surface area contributed by atoms with Gasteiger partial charge in [0.1, 0.15) is 5.75 Å². The molecule has 0 aliphatic carbocycles. The van der Waals surface area contributed by atoms with E-state index in [9.17, 15) is 9.90 Å². The van der Waals surface area contributed by atoms with Gasteiger partial charge in [-0.2, -0.15) is 5.10 Å². The van der Waals surface area contributed by atoms with Crippen molar-refractivity contribution in [2.45, 2.75) is 0 Å². The van der Waals surface area contributed by atoms with E-state index < -0.39 is 5.91 Å². The predicted octanol–water partition coefficient (Wildman–Crippen LogP) is 2.65. The van der Waals surface area contributed by atoms with Crippen LogP contribution < -0.4 is 5.43 Å². The Morgan fingerprint density at radius 1 is 1.18 bits per heavy atom. The number of nitrogens with zero attached hydrogens (tertiary/aromatic N) is 2. The molecule has 1 aromatic heterocycles. The molecule has 3 aromatic rings. The van der Waals surface area contributed by atoms with Gasteiger partial charge in [0, 0.05) is 29.7 Å². The van der Waals surface area contributed by atoms with E-state index in [4.69, 9.17) is 0 Å². The van der Waals surface area contributed by atoms with Crippen LogP contribution in [0.25, 0.3) is 10.9 Å². The van der Waals surface area contributed by atoms with E-state index in [0.29, 0.717) is 0 Å². The van der Waals surface area contributed by atoms with Gasteiger partial charge in [-0.15, -0.1) is 0 Å². The Hall–Kier alpha value is -3.08. The van der Waals surface area contributed by atoms with Crippen LogP contribution >= 0.6 is 0 Å². The smallest absolute Gasteiger partial charge is 0.275 e. The van der Waals surface area contributed by atoms with Crippen LogP contribution in [-0.4, -0.2) is 21.8 Å². The standard InChI is InChI=1S/C17H15N3O2/c1-20-11-12(13-6-2-4-8-15(13)20)10-18-19-17(22)14-7-3-5-9-16(14)21/h2-11,21H,1H3,(H,19,22)/b18-10-. The summed E-state index contributed by atoms with van der Waals surface area (Å²) >= 11 is 0. The molecule has 0 saturated heterocycles. The Balaban J connectivity index is 1.80. The Labute approximate surface area is 127 Å². The molecule has 0 unspecified atom stereocenters. The van der Waals surface area contributed by atoms with Crippen LogP contribution in [0.2, 0.25) is 0 Å². The lowest BCUT2D eigenvalue weighted by Gasteiger charge is -2.01. The Morgan fingerprint density at radius 2 is 1.91 bits per heavy atom. The molecular formula is C17H15N3O2. The maximum Gasteiger partial charge on any atom is 0.275 e. The highest BCUT2D eigenvalue weighted by Gasteiger charge is 2.09. The minimum absolute atomic E-state index is 0.0691. The van der Waals surface area contributed by atoms with Gasteiger partial charge in [-0.3, -0.25) is 4.79 Å². The summed E-state index contributed by atoms with van der Waals surface area (Å²) in [5.74, 6) is -0.519. The van der Waals surface area contributed by atoms with E-state index in [2.05, 4.69) is 10.5 Å². The van der Waals surface area contributed by atoms with Crippen molar-refractivity contribution in [1.29, 1.82) is 0 Å². The number of phenols is 1. The van der Waals surface area contributed by atoms with Gasteiger partial charge < -0.3 is 9.67 Å². The van der Waals surface area contributed by atoms with Crippen LogP contribution in [0, 0.1) is 0 Å². The van der Waals surface area contributed by atoms with Crippen molar-refractivity contribution in [1.82, 2.24) is 9.99 Å². The Kier molecular flexibility index (Phi) is 3.62. The number of aryl methyl sites for hydroxylation is 1. The fourth-order valence-electron chi connectivity index (χ4n) is 2.36. The van der Waals surface area contributed by atoms with Crippen molar-refractivity contribution in [3.63, 3.8) is 0 Å². The van der Waals surface area contributed by atoms with E-state index >= 15 is 0 Å². The first-order chi connectivity index (χ1) is 10.7. The normalized spacial score (nSPS) is 11.1. The molecule has 0 radical (unpaired) electrons. The number of aromatic nitrogens is 1. The summed E-state index contributed by atoms with van der Waals surface area (Å²) in [4.78, 5) is 11.9. The molecule has 1 amide bonds. The lowest BCUT2D eigenvalue weighted by atomic mass is 10.2. The monoisotopic (exact) mass is 293 g/mol. The Morgan fingerprint density at radius 3 is 2.73 bits per heavy atom. The van der Waals surface area contributed by atoms with Gasteiger partial charge in [0.25, 0.3) is 5.91 Å². The van der Waals surface area contributed by atoms with Crippen molar-refractivity contribution < 1.29 is 9.90 Å². The fourth-order valence-corrected chi connectivity index (χ4v) is 2.36. The molecule has 22 heavy (non-hydrogen) atoms. The number of hydrogen-bond donors (Lipinski definition) is 2. The van der Waals surface area contributed by atoms with Crippen LogP contribution in [0.15, 0.2) is 59.8 Å². The first-order valence-electron chi connectivity index (χ1n) is 6.82. The number of hydrazone groups is 1. The van der Waals surface area contributed by atoms with Gasteiger partial charge in [0.05, 0.1) is 11.8 Å². The predicted molar refractivity (Wildman–Crippen MR) is 86.1 cm³/mol. The maximum atomic E-state index is 11.9. The van der Waals surface area contributed by atoms with Crippen molar-refractivity contribution >= 4 is 23.0 Å². The molecule has 0 aliphatic heterocycles. The van der Waals surface area contributed by atoms with Crippen molar-refractivity contribution in [3.8, 4) is 5.75 Å². The number of benzene rings is 2. The van der Waals surface area contributed by atoms with Crippen LogP contribution in [0.3, 0.4) is 0 Å². The molecule has 0 fully saturated rings. The molecule has 1 heterocycles. The lowest BCUT2D eigenvalue weighted by molar-refractivity contribution is 0.0952. The molecule has 2 aromatic carbocycles. The summed E-state index contributed by atoms with van der Waals surface area (Å²) in [6, 6.07) is 14.3. The number of phenolic OH excluding ortho intramolecular Hbond substituents is 1. The second-order valence-corrected chi connectivity index (χ2v) is 4.93. The lowest BCUT2D eigenvalue weighted by Crippen LogP contribution is -2.17. The number of carbonyl (C=O) groups excluding carboxylic acids is 1. The summed E-state index contributed by atoms with van der Waals surface area (Å²) in [5, 5.41) is 14.7. The second kappa shape index (κ2) is 5.73. The minimum atomic E-state index is -0.449. The first-order valence-corrected chi connectivity index (χ1v) is 6.82. The summed E-state index contributed by atoms with van der Waals surface area (Å²) in [6.07, 6.45) is 3.54. The summed E-state index contributed by atoms with van der Waals surface area (Å²) < 4.78 is 2.00. The number of aromatic hydroxyl groups is 1. The Bertz CT molecular complexity index is 865. The molecule has 5 heteroatoms. The average Bonchev–Trinajstić information content (AvgIpc) is 2.85. The highest BCUT2D eigenvalue weighted by Crippen LogP contribution is 2.18. The van der Waals surface area contributed by atoms with Gasteiger partial charge >= 0.3 is 0 Å². The number of hydrogen-bond acceptors (Lipinski definition) is 3. The molecule has 0 atom stereocenters. The maximum absolute atomic E-state index is 11.9. The topological polar surface area (TPSA) is 66.6 Å². The largest absolute Gasteiger partial charge is 0.507 e. The molecule has 2 N–H and O–H groups in total. The summed E-state index contributed by atoms with van der Waals surface area (Å²) in [7, 11) is 1.96. The SMILES string of the molecule is Cn1cc(/C=N\NC(=O)c2ccccc2O)c2ccccc21. The number of fused-ring (bicyclic) bond motifs is 1. The van der Waals surface area contributed by atoms with Crippen LogP contribution in [-0.2, 0) is 7.05 Å². The van der Waals surface area contributed by atoms with Crippen LogP contribution in [0.5, 0.6) is 5.75 Å². The highest BCUT2D eigenvalue weighted by molar-refractivity contribution is 6.01. The van der Waals surface area contributed by atoms with Gasteiger partial charge in [0.2, 0.25) is 0 Å². The molecular weight excluding hydrogens is 278 g/mol. The van der Waals surface area contributed by atoms with Crippen molar-refractivity contribution in [2.24, 2.45) is 12.1 Å². The van der Waals surface area contributed by atoms with E-state index in [0.717, 1.165) is 16.5 Å². The van der Waals surface area contributed by atoms with Crippen molar-refractivity contribution in [2.75, 3.05) is 0 Å². The van der Waals surface area contributed by atoms with Gasteiger partial charge in [0.15, 0.2) is 0 Å². The molecule has 5 nitrogen and oxygen atoms in total. The average molecular weight is 293 g/mol. The molecule has 0 saturated carbocycles. The quantitative estimate of drug-likeness (QED) is 0.576. The van der Waals surface area contributed by atoms with E-state index in [-0.39, 0.29) is 11.3 Å². The zero-order valence-corrected chi connectivity index (χ0v) is 12.0. The second-order valence-electron chi connectivity index (χ2n) is 4.93. The molecule has 0 spiro atoms. The van der Waals surface area contributed by atoms with Crippen LogP contribution in [0.1, 0.15) is 15.9 Å². The van der Waals surface area contributed by atoms with E-state index in [1.54, 1.807) is 18.3 Å². The number of rotatable bonds is 3. The number of nitrogens with one attached hydrogen (secondary N) is 1. The number of amides is 1. The number of para-hydroxylation sites is 2. The van der Waals surface area contributed by atoms with Gasteiger partial charge in [-0.05, 0) is 18.2 Å². The third-order valence-corrected chi connectivity index (χ3v) is 3.45. The third kappa shape index (κ3) is 2.56.